The molecule has 2 atom stereocenters. The number of carbonyl (C=O) groups is 1. The van der Waals surface area contributed by atoms with Crippen molar-refractivity contribution in [2.75, 3.05) is 12.4 Å². The largest absolute Gasteiger partial charge is 0.356 e. The third-order valence-electron chi connectivity index (χ3n) is 6.45. The van der Waals surface area contributed by atoms with E-state index in [-0.39, 0.29) is 11.3 Å². The van der Waals surface area contributed by atoms with Crippen molar-refractivity contribution in [3.05, 3.63) is 83.9 Å². The Kier molecular flexibility index (Phi) is 5.74. The van der Waals surface area contributed by atoms with E-state index >= 15 is 0 Å². The molecular formula is C26H29N2O2P. The molecule has 5 heteroatoms. The molecule has 0 saturated heterocycles. The van der Waals surface area contributed by atoms with Crippen molar-refractivity contribution >= 4 is 25.2 Å². The zero-order valence-corrected chi connectivity index (χ0v) is 19.3. The lowest BCUT2D eigenvalue weighted by Gasteiger charge is -2.21. The highest BCUT2D eigenvalue weighted by Crippen LogP contribution is 2.64. The molecular weight excluding hydrogens is 403 g/mol. The number of benzene rings is 3. The van der Waals surface area contributed by atoms with Crippen LogP contribution in [0.1, 0.15) is 31.4 Å². The minimum atomic E-state index is -1.32. The molecule has 0 bridgehead atoms. The zero-order valence-electron chi connectivity index (χ0n) is 18.4. The molecule has 0 aromatic heterocycles. The molecule has 3 aromatic rings. The lowest BCUT2D eigenvalue weighted by Crippen LogP contribution is -2.32. The lowest BCUT2D eigenvalue weighted by atomic mass is 9.86. The van der Waals surface area contributed by atoms with E-state index < -0.39 is 13.7 Å². The third-order valence-corrected chi connectivity index (χ3v) is 7.66. The summed E-state index contributed by atoms with van der Waals surface area (Å²) in [6.07, 6.45) is 0.839. The van der Waals surface area contributed by atoms with Gasteiger partial charge in [0.15, 0.2) is 0 Å². The van der Waals surface area contributed by atoms with Crippen LogP contribution in [0.3, 0.4) is 0 Å². The van der Waals surface area contributed by atoms with Crippen molar-refractivity contribution in [1.29, 1.82) is 0 Å². The van der Waals surface area contributed by atoms with Gasteiger partial charge in [0.25, 0.3) is 0 Å². The molecule has 1 aliphatic carbocycles. The molecule has 3 aromatic carbocycles. The van der Waals surface area contributed by atoms with E-state index in [1.54, 1.807) is 7.05 Å². The molecule has 1 fully saturated rings. The van der Waals surface area contributed by atoms with Crippen molar-refractivity contribution in [2.24, 2.45) is 5.41 Å². The number of amides is 1. The summed E-state index contributed by atoms with van der Waals surface area (Å²) in [5.74, 6) is 0.0498. The third kappa shape index (κ3) is 4.04. The van der Waals surface area contributed by atoms with Gasteiger partial charge in [0, 0.05) is 11.0 Å². The van der Waals surface area contributed by atoms with E-state index in [0.29, 0.717) is 0 Å². The van der Waals surface area contributed by atoms with Crippen molar-refractivity contribution < 1.29 is 9.69 Å². The van der Waals surface area contributed by atoms with E-state index in [0.717, 1.165) is 34.1 Å². The fraction of sp³-hybridized carbons (Fsp3) is 0.269. The van der Waals surface area contributed by atoms with Gasteiger partial charge >= 0.3 is 0 Å². The van der Waals surface area contributed by atoms with Gasteiger partial charge < -0.3 is 10.2 Å². The van der Waals surface area contributed by atoms with Crippen molar-refractivity contribution in [1.82, 2.24) is 5.09 Å². The van der Waals surface area contributed by atoms with Gasteiger partial charge in [-0.15, -0.1) is 0 Å². The van der Waals surface area contributed by atoms with Crippen LogP contribution in [0, 0.1) is 12.3 Å². The lowest BCUT2D eigenvalue weighted by molar-refractivity contribution is -0.119. The standard InChI is InChI=1S/C26H29N2O2P/c1-18-8-12-21(13-9-18)26(17-25(26,2)3)24(29)28-22-7-5-6-20(16-22)19-10-14-23(15-11-19)31(30)27-4/h5-16,27,30H,17H2,1-4H3,(H,28,29). The van der Waals surface area contributed by atoms with Crippen LogP contribution in [0.5, 0.6) is 0 Å². The highest BCUT2D eigenvalue weighted by Gasteiger charge is 2.67. The Bertz CT molecular complexity index is 1090. The molecule has 0 spiro atoms. The molecule has 1 amide bonds. The number of carbonyl (C=O) groups excluding carboxylic acids is 1. The molecule has 0 radical (unpaired) electrons. The Hall–Kier alpha value is -2.52. The summed E-state index contributed by atoms with van der Waals surface area (Å²) in [6.45, 7) is 6.38. The van der Waals surface area contributed by atoms with E-state index in [1.807, 2.05) is 48.5 Å². The average Bonchev–Trinajstić information content (AvgIpc) is 3.37. The Morgan fingerprint density at radius 3 is 2.19 bits per heavy atom. The van der Waals surface area contributed by atoms with Gasteiger partial charge in [0.2, 0.25) is 5.91 Å². The number of rotatable bonds is 6. The highest BCUT2D eigenvalue weighted by atomic mass is 31.2. The maximum Gasteiger partial charge on any atom is 0.235 e. The summed E-state index contributed by atoms with van der Waals surface area (Å²) in [5, 5.41) is 6.94. The van der Waals surface area contributed by atoms with Gasteiger partial charge in [-0.25, -0.2) is 0 Å². The van der Waals surface area contributed by atoms with E-state index in [1.165, 1.54) is 5.56 Å². The van der Waals surface area contributed by atoms with Crippen LogP contribution in [0.2, 0.25) is 0 Å². The fourth-order valence-electron chi connectivity index (χ4n) is 4.41. The first kappa shape index (κ1) is 21.7. The van der Waals surface area contributed by atoms with Crippen LogP contribution >= 0.6 is 8.30 Å². The number of hydrogen-bond donors (Lipinski definition) is 3. The smallest absolute Gasteiger partial charge is 0.235 e. The van der Waals surface area contributed by atoms with Gasteiger partial charge in [0.1, 0.15) is 8.30 Å². The van der Waals surface area contributed by atoms with Gasteiger partial charge in [-0.05, 0) is 54.6 Å². The summed E-state index contributed by atoms with van der Waals surface area (Å²) < 4.78 is 0. The maximum atomic E-state index is 13.5. The number of hydrogen-bond acceptors (Lipinski definition) is 3. The monoisotopic (exact) mass is 432 g/mol. The summed E-state index contributed by atoms with van der Waals surface area (Å²) in [7, 11) is 0.427. The van der Waals surface area contributed by atoms with Gasteiger partial charge in [-0.3, -0.25) is 9.88 Å². The molecule has 1 saturated carbocycles. The van der Waals surface area contributed by atoms with Crippen molar-refractivity contribution in [2.45, 2.75) is 32.6 Å². The minimum absolute atomic E-state index is 0.0498. The number of anilines is 1. The summed E-state index contributed by atoms with van der Waals surface area (Å²) in [4.78, 5) is 23.4. The van der Waals surface area contributed by atoms with Crippen LogP contribution in [0.15, 0.2) is 72.8 Å². The Balaban J connectivity index is 1.57. The molecule has 3 N–H and O–H groups in total. The van der Waals surface area contributed by atoms with Crippen molar-refractivity contribution in [3.63, 3.8) is 0 Å². The molecule has 4 rings (SSSR count). The van der Waals surface area contributed by atoms with Crippen LogP contribution in [0.25, 0.3) is 11.1 Å². The quantitative estimate of drug-likeness (QED) is 0.474. The topological polar surface area (TPSA) is 61.4 Å². The van der Waals surface area contributed by atoms with E-state index in [4.69, 9.17) is 0 Å². The highest BCUT2D eigenvalue weighted by molar-refractivity contribution is 7.57. The Labute approximate surface area is 185 Å². The van der Waals surface area contributed by atoms with Crippen LogP contribution < -0.4 is 15.7 Å². The van der Waals surface area contributed by atoms with E-state index in [9.17, 15) is 9.69 Å². The molecule has 160 valence electrons. The SMILES string of the molecule is CNP(O)c1ccc(-c2cccc(NC(=O)C3(c4ccc(C)cc4)CC3(C)C)c2)cc1. The summed E-state index contributed by atoms with van der Waals surface area (Å²) >= 11 is 0. The molecule has 4 nitrogen and oxygen atoms in total. The summed E-state index contributed by atoms with van der Waals surface area (Å²) in [5.41, 5.74) is 4.56. The van der Waals surface area contributed by atoms with Crippen LogP contribution in [-0.2, 0) is 10.2 Å². The molecule has 0 aliphatic heterocycles. The second kappa shape index (κ2) is 8.20. The normalized spacial score (nSPS) is 20.2. The fourth-order valence-corrected chi connectivity index (χ4v) is 5.10. The molecule has 31 heavy (non-hydrogen) atoms. The zero-order chi connectivity index (χ0) is 22.2. The maximum absolute atomic E-state index is 13.5. The second-order valence-corrected chi connectivity index (χ2v) is 10.5. The van der Waals surface area contributed by atoms with Gasteiger partial charge in [-0.2, -0.15) is 0 Å². The van der Waals surface area contributed by atoms with Crippen LogP contribution in [0.4, 0.5) is 5.69 Å². The van der Waals surface area contributed by atoms with Gasteiger partial charge in [-0.1, -0.05) is 80.1 Å². The molecule has 1 aliphatic rings. The van der Waals surface area contributed by atoms with Crippen LogP contribution in [-0.4, -0.2) is 17.8 Å². The first-order valence-electron chi connectivity index (χ1n) is 10.5. The second-order valence-electron chi connectivity index (χ2n) is 8.95. The average molecular weight is 433 g/mol. The summed E-state index contributed by atoms with van der Waals surface area (Å²) in [6, 6.07) is 24.1. The van der Waals surface area contributed by atoms with Crippen molar-refractivity contribution in [3.8, 4) is 11.1 Å². The minimum Gasteiger partial charge on any atom is -0.356 e. The Morgan fingerprint density at radius 2 is 1.61 bits per heavy atom. The number of aryl methyl sites for hydroxylation is 1. The predicted octanol–water partition coefficient (Wildman–Crippen LogP) is 5.12. The number of nitrogens with one attached hydrogen (secondary N) is 2. The first-order valence-corrected chi connectivity index (χ1v) is 11.8. The Morgan fingerprint density at radius 1 is 0.968 bits per heavy atom. The predicted molar refractivity (Wildman–Crippen MR) is 130 cm³/mol. The van der Waals surface area contributed by atoms with Gasteiger partial charge in [0.05, 0.1) is 5.41 Å². The van der Waals surface area contributed by atoms with E-state index in [2.05, 4.69) is 55.4 Å². The first-order chi connectivity index (χ1) is 14.8. The molecule has 2 unspecified atom stereocenters. The molecule has 0 heterocycles.